The first-order valence-electron chi connectivity index (χ1n) is 3.72. The van der Waals surface area contributed by atoms with Gasteiger partial charge in [0.1, 0.15) is 0 Å². The van der Waals surface area contributed by atoms with E-state index >= 15 is 0 Å². The van der Waals surface area contributed by atoms with E-state index in [2.05, 4.69) is 0 Å². The minimum absolute atomic E-state index is 0.0833. The predicted molar refractivity (Wildman–Crippen MR) is 35.1 cm³/mol. The number of nitrogens with two attached hydrogens (primary N) is 1. The van der Waals surface area contributed by atoms with E-state index in [4.69, 9.17) is 10.5 Å². The maximum Gasteiger partial charge on any atom is 0.0755 e. The Balaban J connectivity index is 2.17. The van der Waals surface area contributed by atoms with Gasteiger partial charge in [0.05, 0.1) is 6.10 Å². The zero-order valence-corrected chi connectivity index (χ0v) is 5.60. The van der Waals surface area contributed by atoms with Gasteiger partial charge in [-0.1, -0.05) is 0 Å². The molecular weight excluding hydrogens is 114 g/mol. The summed E-state index contributed by atoms with van der Waals surface area (Å²) in [6.07, 6.45) is 5.12. The van der Waals surface area contributed by atoms with E-state index in [1.54, 1.807) is 0 Å². The summed E-state index contributed by atoms with van der Waals surface area (Å²) in [5, 5.41) is 0. The highest BCUT2D eigenvalue weighted by molar-refractivity contribution is 5.00. The molecule has 0 spiro atoms. The highest BCUT2D eigenvalue weighted by atomic mass is 16.5. The summed E-state index contributed by atoms with van der Waals surface area (Å²) in [6, 6.07) is 0. The molecule has 0 aromatic heterocycles. The first kappa shape index (κ1) is 5.69. The van der Waals surface area contributed by atoms with Crippen LogP contribution < -0.4 is 5.73 Å². The van der Waals surface area contributed by atoms with E-state index in [0.29, 0.717) is 6.10 Å². The molecule has 52 valence electrons. The lowest BCUT2D eigenvalue weighted by atomic mass is 9.96. The van der Waals surface area contributed by atoms with Crippen LogP contribution in [0, 0.1) is 0 Å². The monoisotopic (exact) mass is 127 g/mol. The Kier molecular flexibility index (Phi) is 1.08. The molecule has 0 aromatic carbocycles. The molecule has 1 aliphatic heterocycles. The third-order valence-corrected chi connectivity index (χ3v) is 2.64. The fourth-order valence-corrected chi connectivity index (χ4v) is 1.99. The maximum atomic E-state index is 6.04. The van der Waals surface area contributed by atoms with Crippen LogP contribution in [0.5, 0.6) is 0 Å². The molecule has 0 amide bonds. The van der Waals surface area contributed by atoms with Gasteiger partial charge >= 0.3 is 0 Å². The summed E-state index contributed by atoms with van der Waals surface area (Å²) in [5.41, 5.74) is 6.12. The molecule has 0 radical (unpaired) electrons. The van der Waals surface area contributed by atoms with Crippen molar-refractivity contribution >= 4 is 0 Å². The van der Waals surface area contributed by atoms with Crippen LogP contribution in [0.15, 0.2) is 0 Å². The van der Waals surface area contributed by atoms with Gasteiger partial charge in [0, 0.05) is 12.1 Å². The van der Waals surface area contributed by atoms with Gasteiger partial charge in [-0.2, -0.15) is 0 Å². The summed E-state index contributed by atoms with van der Waals surface area (Å²) >= 11 is 0. The number of ether oxygens (including phenoxy) is 1. The normalized spacial score (nSPS) is 49.7. The van der Waals surface area contributed by atoms with Crippen LogP contribution in [-0.2, 0) is 4.74 Å². The number of hydrogen-bond acceptors (Lipinski definition) is 2. The van der Waals surface area contributed by atoms with Crippen LogP contribution in [-0.4, -0.2) is 18.2 Å². The Hall–Kier alpha value is -0.0800. The summed E-state index contributed by atoms with van der Waals surface area (Å²) in [6.45, 7) is 0.890. The Morgan fingerprint density at radius 3 is 3.11 bits per heavy atom. The van der Waals surface area contributed by atoms with Crippen molar-refractivity contribution in [2.45, 2.75) is 37.3 Å². The molecule has 9 heavy (non-hydrogen) atoms. The molecule has 2 fully saturated rings. The molecule has 2 N–H and O–H groups in total. The quantitative estimate of drug-likeness (QED) is 0.518. The van der Waals surface area contributed by atoms with E-state index < -0.39 is 0 Å². The van der Waals surface area contributed by atoms with Crippen molar-refractivity contribution in [1.82, 2.24) is 0 Å². The Morgan fingerprint density at radius 1 is 1.44 bits per heavy atom. The molecule has 1 saturated heterocycles. The fraction of sp³-hybridized carbons (Fsp3) is 1.00. The van der Waals surface area contributed by atoms with Crippen LogP contribution in [0.4, 0.5) is 0 Å². The molecule has 1 heterocycles. The smallest absolute Gasteiger partial charge is 0.0755 e. The lowest BCUT2D eigenvalue weighted by molar-refractivity contribution is 0.0951. The van der Waals surface area contributed by atoms with E-state index in [1.165, 1.54) is 19.3 Å². The summed E-state index contributed by atoms with van der Waals surface area (Å²) < 4.78 is 5.45. The van der Waals surface area contributed by atoms with Crippen molar-refractivity contribution in [1.29, 1.82) is 0 Å². The van der Waals surface area contributed by atoms with Gasteiger partial charge < -0.3 is 10.5 Å². The average Bonchev–Trinajstić information content (AvgIpc) is 2.22. The maximum absolute atomic E-state index is 6.04. The van der Waals surface area contributed by atoms with Crippen molar-refractivity contribution in [2.75, 3.05) is 6.61 Å². The van der Waals surface area contributed by atoms with E-state index in [9.17, 15) is 0 Å². The number of rotatable bonds is 0. The topological polar surface area (TPSA) is 35.2 Å². The van der Waals surface area contributed by atoms with Crippen molar-refractivity contribution in [2.24, 2.45) is 5.73 Å². The van der Waals surface area contributed by atoms with Crippen LogP contribution in [0.25, 0.3) is 0 Å². The minimum Gasteiger partial charge on any atom is -0.376 e. The molecule has 0 bridgehead atoms. The molecule has 1 aliphatic carbocycles. The summed E-state index contributed by atoms with van der Waals surface area (Å²) in [4.78, 5) is 0. The Bertz CT molecular complexity index is 114. The van der Waals surface area contributed by atoms with Crippen LogP contribution in [0.2, 0.25) is 0 Å². The Morgan fingerprint density at radius 2 is 2.33 bits per heavy atom. The molecule has 2 heteroatoms. The molecule has 2 nitrogen and oxygen atoms in total. The second-order valence-electron chi connectivity index (χ2n) is 3.23. The molecular formula is C7H13NO. The molecule has 0 unspecified atom stereocenters. The first-order chi connectivity index (χ1) is 4.31. The number of fused-ring (bicyclic) bond motifs is 1. The third-order valence-electron chi connectivity index (χ3n) is 2.64. The lowest BCUT2D eigenvalue weighted by Crippen LogP contribution is -2.42. The molecule has 2 rings (SSSR count). The highest BCUT2D eigenvalue weighted by Gasteiger charge is 2.43. The van der Waals surface area contributed by atoms with Gasteiger partial charge in [0.15, 0.2) is 0 Å². The van der Waals surface area contributed by atoms with Crippen LogP contribution in [0.1, 0.15) is 25.7 Å². The van der Waals surface area contributed by atoms with Crippen molar-refractivity contribution in [3.05, 3.63) is 0 Å². The van der Waals surface area contributed by atoms with Gasteiger partial charge in [0.2, 0.25) is 0 Å². The lowest BCUT2D eigenvalue weighted by Gasteiger charge is -2.20. The zero-order chi connectivity index (χ0) is 6.32. The zero-order valence-electron chi connectivity index (χ0n) is 5.60. The number of hydrogen-bond donors (Lipinski definition) is 1. The Labute approximate surface area is 55.4 Å². The molecule has 2 atom stereocenters. The second kappa shape index (κ2) is 1.70. The van der Waals surface area contributed by atoms with Crippen molar-refractivity contribution in [3.63, 3.8) is 0 Å². The second-order valence-corrected chi connectivity index (χ2v) is 3.23. The first-order valence-corrected chi connectivity index (χ1v) is 3.72. The van der Waals surface area contributed by atoms with E-state index in [0.717, 1.165) is 13.0 Å². The van der Waals surface area contributed by atoms with E-state index in [1.807, 2.05) is 0 Å². The average molecular weight is 127 g/mol. The SMILES string of the molecule is N[C@]12CCC[C@H]1OCC2. The van der Waals surface area contributed by atoms with Gasteiger partial charge in [-0.05, 0) is 25.7 Å². The fourth-order valence-electron chi connectivity index (χ4n) is 1.99. The highest BCUT2D eigenvalue weighted by Crippen LogP contribution is 2.37. The van der Waals surface area contributed by atoms with E-state index in [-0.39, 0.29) is 5.54 Å². The summed E-state index contributed by atoms with van der Waals surface area (Å²) in [7, 11) is 0. The molecule has 0 aromatic rings. The van der Waals surface area contributed by atoms with Gasteiger partial charge in [-0.15, -0.1) is 0 Å². The minimum atomic E-state index is 0.0833. The van der Waals surface area contributed by atoms with Crippen LogP contribution >= 0.6 is 0 Å². The van der Waals surface area contributed by atoms with Crippen LogP contribution in [0.3, 0.4) is 0 Å². The summed E-state index contributed by atoms with van der Waals surface area (Å²) in [5.74, 6) is 0. The van der Waals surface area contributed by atoms with Crippen molar-refractivity contribution < 1.29 is 4.74 Å². The van der Waals surface area contributed by atoms with Crippen molar-refractivity contribution in [3.8, 4) is 0 Å². The van der Waals surface area contributed by atoms with Gasteiger partial charge in [0.25, 0.3) is 0 Å². The van der Waals surface area contributed by atoms with Gasteiger partial charge in [-0.3, -0.25) is 0 Å². The molecule has 2 aliphatic rings. The molecule has 1 saturated carbocycles. The largest absolute Gasteiger partial charge is 0.376 e. The third kappa shape index (κ3) is 0.700. The van der Waals surface area contributed by atoms with Gasteiger partial charge in [-0.25, -0.2) is 0 Å². The predicted octanol–water partition coefficient (Wildman–Crippen LogP) is 0.657. The standard InChI is InChI=1S/C7H13NO/c8-7-3-1-2-6(7)9-5-4-7/h6H,1-5,8H2/t6-,7+/m1/s1.